The molecule has 106 valence electrons. The summed E-state index contributed by atoms with van der Waals surface area (Å²) in [6, 6.07) is 4.25. The van der Waals surface area contributed by atoms with Gasteiger partial charge < -0.3 is 15.1 Å². The van der Waals surface area contributed by atoms with Gasteiger partial charge in [-0.15, -0.1) is 0 Å². The van der Waals surface area contributed by atoms with Crippen molar-refractivity contribution in [2.24, 2.45) is 0 Å². The summed E-state index contributed by atoms with van der Waals surface area (Å²) in [6.45, 7) is 14.3. The molecule has 1 saturated heterocycles. The molecule has 19 heavy (non-hydrogen) atoms. The second-order valence-electron chi connectivity index (χ2n) is 6.20. The fourth-order valence-corrected chi connectivity index (χ4v) is 2.35. The van der Waals surface area contributed by atoms with Crippen molar-refractivity contribution in [1.82, 2.24) is 9.88 Å². The van der Waals surface area contributed by atoms with Crippen molar-refractivity contribution < 1.29 is 0 Å². The predicted octanol–water partition coefficient (Wildman–Crippen LogP) is 2.43. The number of anilines is 2. The Morgan fingerprint density at radius 1 is 1.16 bits per heavy atom. The minimum atomic E-state index is 0.0568. The zero-order valence-electron chi connectivity index (χ0n) is 12.6. The first-order chi connectivity index (χ1) is 8.98. The van der Waals surface area contributed by atoms with Crippen LogP contribution in [0.4, 0.5) is 11.5 Å². The molecule has 0 spiro atoms. The second-order valence-corrected chi connectivity index (χ2v) is 6.20. The smallest absolute Gasteiger partial charge is 0.126 e. The van der Waals surface area contributed by atoms with Crippen LogP contribution in [0.5, 0.6) is 0 Å². The fourth-order valence-electron chi connectivity index (χ4n) is 2.35. The molecular weight excluding hydrogens is 236 g/mol. The molecule has 0 aromatic carbocycles. The third kappa shape index (κ3) is 4.10. The molecule has 2 rings (SSSR count). The van der Waals surface area contributed by atoms with E-state index >= 15 is 0 Å². The van der Waals surface area contributed by atoms with E-state index in [0.29, 0.717) is 0 Å². The maximum absolute atomic E-state index is 4.51. The van der Waals surface area contributed by atoms with Crippen molar-refractivity contribution in [2.75, 3.05) is 42.9 Å². The first-order valence-electron chi connectivity index (χ1n) is 7.19. The standard InChI is InChI=1S/C15H26N4/c1-5-18-8-10-19(11-9-18)13-6-7-14(16-12-13)17-15(2,3)4/h6-7,12H,5,8-11H2,1-4H3,(H,16,17). The van der Waals surface area contributed by atoms with E-state index in [4.69, 9.17) is 0 Å². The Labute approximate surface area is 116 Å². The van der Waals surface area contributed by atoms with Gasteiger partial charge in [-0.3, -0.25) is 0 Å². The van der Waals surface area contributed by atoms with Crippen molar-refractivity contribution in [1.29, 1.82) is 0 Å². The van der Waals surface area contributed by atoms with Crippen LogP contribution in [0.2, 0.25) is 0 Å². The van der Waals surface area contributed by atoms with Crippen molar-refractivity contribution in [3.8, 4) is 0 Å². The minimum Gasteiger partial charge on any atom is -0.368 e. The number of nitrogens with one attached hydrogen (secondary N) is 1. The molecule has 0 radical (unpaired) electrons. The molecule has 1 aliphatic rings. The van der Waals surface area contributed by atoms with E-state index < -0.39 is 0 Å². The maximum Gasteiger partial charge on any atom is 0.126 e. The number of nitrogens with zero attached hydrogens (tertiary/aromatic N) is 3. The molecule has 0 unspecified atom stereocenters. The molecule has 2 heterocycles. The topological polar surface area (TPSA) is 31.4 Å². The Morgan fingerprint density at radius 3 is 2.32 bits per heavy atom. The normalized spacial score (nSPS) is 17.6. The molecule has 4 heteroatoms. The lowest BCUT2D eigenvalue weighted by atomic mass is 10.1. The highest BCUT2D eigenvalue weighted by Gasteiger charge is 2.16. The largest absolute Gasteiger partial charge is 0.368 e. The Bertz CT molecular complexity index is 386. The second kappa shape index (κ2) is 5.78. The Hall–Kier alpha value is -1.29. The summed E-state index contributed by atoms with van der Waals surface area (Å²) in [7, 11) is 0. The monoisotopic (exact) mass is 262 g/mol. The number of likely N-dealkylation sites (N-methyl/N-ethyl adjacent to an activating group) is 1. The van der Waals surface area contributed by atoms with Crippen molar-refractivity contribution in [2.45, 2.75) is 33.2 Å². The van der Waals surface area contributed by atoms with E-state index in [9.17, 15) is 0 Å². The van der Waals surface area contributed by atoms with E-state index in [2.05, 4.69) is 59.9 Å². The third-order valence-corrected chi connectivity index (χ3v) is 3.44. The van der Waals surface area contributed by atoms with Gasteiger partial charge in [0, 0.05) is 31.7 Å². The lowest BCUT2D eigenvalue weighted by molar-refractivity contribution is 0.271. The van der Waals surface area contributed by atoms with Gasteiger partial charge in [0.1, 0.15) is 5.82 Å². The predicted molar refractivity (Wildman–Crippen MR) is 81.9 cm³/mol. The van der Waals surface area contributed by atoms with Crippen LogP contribution in [0.1, 0.15) is 27.7 Å². The van der Waals surface area contributed by atoms with Crippen molar-refractivity contribution >= 4 is 11.5 Å². The summed E-state index contributed by atoms with van der Waals surface area (Å²) < 4.78 is 0. The van der Waals surface area contributed by atoms with Gasteiger partial charge in [-0.1, -0.05) is 6.92 Å². The van der Waals surface area contributed by atoms with Gasteiger partial charge in [-0.2, -0.15) is 0 Å². The Kier molecular flexibility index (Phi) is 4.30. The number of aromatic nitrogens is 1. The molecule has 0 bridgehead atoms. The minimum absolute atomic E-state index is 0.0568. The summed E-state index contributed by atoms with van der Waals surface area (Å²) in [4.78, 5) is 9.41. The van der Waals surface area contributed by atoms with Crippen molar-refractivity contribution in [3.05, 3.63) is 18.3 Å². The Balaban J connectivity index is 1.95. The molecule has 1 aromatic rings. The highest BCUT2D eigenvalue weighted by molar-refractivity contribution is 5.50. The fraction of sp³-hybridized carbons (Fsp3) is 0.667. The van der Waals surface area contributed by atoms with Crippen LogP contribution in [0.15, 0.2) is 18.3 Å². The number of hydrogen-bond acceptors (Lipinski definition) is 4. The maximum atomic E-state index is 4.51. The zero-order valence-corrected chi connectivity index (χ0v) is 12.6. The van der Waals surface area contributed by atoms with Crippen LogP contribution in [0.3, 0.4) is 0 Å². The molecular formula is C15H26N4. The van der Waals surface area contributed by atoms with E-state index in [1.807, 2.05) is 6.20 Å². The molecule has 1 N–H and O–H groups in total. The highest BCUT2D eigenvalue weighted by Crippen LogP contribution is 2.18. The summed E-state index contributed by atoms with van der Waals surface area (Å²) >= 11 is 0. The van der Waals surface area contributed by atoms with Gasteiger partial charge in [-0.25, -0.2) is 4.98 Å². The first-order valence-corrected chi connectivity index (χ1v) is 7.19. The SMILES string of the molecule is CCN1CCN(c2ccc(NC(C)(C)C)nc2)CC1. The van der Waals surface area contributed by atoms with Crippen LogP contribution in [-0.4, -0.2) is 48.1 Å². The van der Waals surface area contributed by atoms with E-state index in [1.54, 1.807) is 0 Å². The van der Waals surface area contributed by atoms with E-state index in [0.717, 1.165) is 38.5 Å². The summed E-state index contributed by atoms with van der Waals surface area (Å²) in [5, 5.41) is 3.39. The highest BCUT2D eigenvalue weighted by atomic mass is 15.3. The van der Waals surface area contributed by atoms with Gasteiger partial charge in [0.05, 0.1) is 11.9 Å². The molecule has 1 aromatic heterocycles. The number of hydrogen-bond donors (Lipinski definition) is 1. The van der Waals surface area contributed by atoms with Crippen LogP contribution >= 0.6 is 0 Å². The summed E-state index contributed by atoms with van der Waals surface area (Å²) in [5.74, 6) is 0.948. The lowest BCUT2D eigenvalue weighted by Gasteiger charge is -2.35. The summed E-state index contributed by atoms with van der Waals surface area (Å²) in [5.41, 5.74) is 1.29. The lowest BCUT2D eigenvalue weighted by Crippen LogP contribution is -2.46. The van der Waals surface area contributed by atoms with Gasteiger partial charge in [0.25, 0.3) is 0 Å². The molecule has 0 atom stereocenters. The van der Waals surface area contributed by atoms with Crippen molar-refractivity contribution in [3.63, 3.8) is 0 Å². The molecule has 0 saturated carbocycles. The Morgan fingerprint density at radius 2 is 1.84 bits per heavy atom. The number of piperazine rings is 1. The summed E-state index contributed by atoms with van der Waals surface area (Å²) in [6.07, 6.45) is 1.98. The first kappa shape index (κ1) is 14.1. The quantitative estimate of drug-likeness (QED) is 0.906. The van der Waals surface area contributed by atoms with E-state index in [1.165, 1.54) is 5.69 Å². The van der Waals surface area contributed by atoms with Gasteiger partial charge >= 0.3 is 0 Å². The molecule has 1 aliphatic heterocycles. The molecule has 0 aliphatic carbocycles. The van der Waals surface area contributed by atoms with Crippen LogP contribution in [-0.2, 0) is 0 Å². The van der Waals surface area contributed by atoms with Gasteiger partial charge in [-0.05, 0) is 39.4 Å². The zero-order chi connectivity index (χ0) is 13.9. The van der Waals surface area contributed by atoms with E-state index in [-0.39, 0.29) is 5.54 Å². The average Bonchev–Trinajstić information content (AvgIpc) is 2.38. The molecule has 1 fully saturated rings. The van der Waals surface area contributed by atoms with Gasteiger partial charge in [0.15, 0.2) is 0 Å². The number of rotatable bonds is 3. The van der Waals surface area contributed by atoms with Gasteiger partial charge in [0.2, 0.25) is 0 Å². The average molecular weight is 262 g/mol. The van der Waals surface area contributed by atoms with Crippen LogP contribution < -0.4 is 10.2 Å². The van der Waals surface area contributed by atoms with Crippen LogP contribution in [0.25, 0.3) is 0 Å². The molecule has 0 amide bonds. The third-order valence-electron chi connectivity index (χ3n) is 3.44. The van der Waals surface area contributed by atoms with Crippen LogP contribution in [0, 0.1) is 0 Å². The number of pyridine rings is 1. The molecule has 4 nitrogen and oxygen atoms in total.